The Labute approximate surface area is 81.1 Å². The first kappa shape index (κ1) is 11.0. The average molecular weight is 186 g/mol. The maximum Gasteiger partial charge on any atom is 0.0443 e. The van der Waals surface area contributed by atoms with Crippen molar-refractivity contribution < 1.29 is 5.11 Å². The Morgan fingerprint density at radius 3 is 2.92 bits per heavy atom. The molecule has 1 heterocycles. The number of aliphatic hydroxyl groups is 1. The Kier molecular flexibility index (Phi) is 5.35. The lowest BCUT2D eigenvalue weighted by atomic mass is 10.1. The number of aliphatic hydroxyl groups excluding tert-OH is 1. The molecule has 0 aromatic carbocycles. The van der Waals surface area contributed by atoms with Crippen LogP contribution in [0.15, 0.2) is 0 Å². The molecule has 1 atom stereocenters. The molecule has 0 aromatic rings. The molecule has 0 saturated carbocycles. The van der Waals surface area contributed by atoms with Crippen LogP contribution < -0.4 is 5.32 Å². The Hall–Kier alpha value is -0.120. The van der Waals surface area contributed by atoms with Gasteiger partial charge in [0.1, 0.15) is 0 Å². The second-order valence-corrected chi connectivity index (χ2v) is 3.84. The first-order chi connectivity index (χ1) is 6.36. The highest BCUT2D eigenvalue weighted by Crippen LogP contribution is 2.10. The van der Waals surface area contributed by atoms with E-state index in [1.165, 1.54) is 32.4 Å². The average Bonchev–Trinajstić information content (AvgIpc) is 2.39. The molecule has 1 rings (SSSR count). The van der Waals surface area contributed by atoms with Gasteiger partial charge in [0.2, 0.25) is 0 Å². The van der Waals surface area contributed by atoms with Crippen molar-refractivity contribution in [1.82, 2.24) is 10.2 Å². The van der Waals surface area contributed by atoms with Crippen LogP contribution in [0.3, 0.4) is 0 Å². The van der Waals surface area contributed by atoms with Gasteiger partial charge >= 0.3 is 0 Å². The number of likely N-dealkylation sites (tertiary alicyclic amines) is 1. The van der Waals surface area contributed by atoms with Crippen LogP contribution in [-0.4, -0.2) is 49.3 Å². The fraction of sp³-hybridized carbons (Fsp3) is 1.00. The molecule has 2 N–H and O–H groups in total. The summed E-state index contributed by atoms with van der Waals surface area (Å²) in [6.07, 6.45) is 4.76. The molecule has 13 heavy (non-hydrogen) atoms. The van der Waals surface area contributed by atoms with E-state index in [0.29, 0.717) is 12.6 Å². The molecule has 0 aromatic heterocycles. The van der Waals surface area contributed by atoms with E-state index < -0.39 is 0 Å². The highest BCUT2D eigenvalue weighted by atomic mass is 16.3. The Morgan fingerprint density at radius 2 is 2.23 bits per heavy atom. The topological polar surface area (TPSA) is 35.5 Å². The predicted molar refractivity (Wildman–Crippen MR) is 54.8 cm³/mol. The highest BCUT2D eigenvalue weighted by Gasteiger charge is 2.14. The van der Waals surface area contributed by atoms with E-state index in [0.717, 1.165) is 13.0 Å². The van der Waals surface area contributed by atoms with Crippen LogP contribution in [0.25, 0.3) is 0 Å². The van der Waals surface area contributed by atoms with E-state index in [1.54, 1.807) is 0 Å². The summed E-state index contributed by atoms with van der Waals surface area (Å²) in [6.45, 7) is 3.78. The SMILES string of the molecule is CNC1CCCN(CCCO)CC1. The van der Waals surface area contributed by atoms with E-state index in [9.17, 15) is 0 Å². The van der Waals surface area contributed by atoms with E-state index in [2.05, 4.69) is 10.2 Å². The lowest BCUT2D eigenvalue weighted by molar-refractivity contribution is 0.228. The second-order valence-electron chi connectivity index (χ2n) is 3.84. The Bertz CT molecular complexity index is 130. The van der Waals surface area contributed by atoms with E-state index in [1.807, 2.05) is 7.05 Å². The lowest BCUT2D eigenvalue weighted by Crippen LogP contribution is -2.29. The Balaban J connectivity index is 2.19. The molecular weight excluding hydrogens is 164 g/mol. The molecule has 3 nitrogen and oxygen atoms in total. The van der Waals surface area contributed by atoms with Gasteiger partial charge in [-0.15, -0.1) is 0 Å². The minimum atomic E-state index is 0.325. The quantitative estimate of drug-likeness (QED) is 0.669. The third kappa shape index (κ3) is 4.07. The van der Waals surface area contributed by atoms with Gasteiger partial charge in [-0.3, -0.25) is 0 Å². The number of rotatable bonds is 4. The summed E-state index contributed by atoms with van der Waals surface area (Å²) in [5, 5.41) is 12.1. The monoisotopic (exact) mass is 186 g/mol. The summed E-state index contributed by atoms with van der Waals surface area (Å²) in [4.78, 5) is 2.47. The van der Waals surface area contributed by atoms with Crippen molar-refractivity contribution in [2.75, 3.05) is 33.3 Å². The Morgan fingerprint density at radius 1 is 1.38 bits per heavy atom. The van der Waals surface area contributed by atoms with Crippen LogP contribution in [0.5, 0.6) is 0 Å². The molecular formula is C10H22N2O. The van der Waals surface area contributed by atoms with Gasteiger partial charge in [0.05, 0.1) is 0 Å². The number of hydrogen-bond donors (Lipinski definition) is 2. The minimum absolute atomic E-state index is 0.325. The summed E-state index contributed by atoms with van der Waals surface area (Å²) < 4.78 is 0. The summed E-state index contributed by atoms with van der Waals surface area (Å²) in [6, 6.07) is 0.708. The number of nitrogens with zero attached hydrogens (tertiary/aromatic N) is 1. The van der Waals surface area contributed by atoms with Crippen molar-refractivity contribution in [2.24, 2.45) is 0 Å². The molecule has 0 aliphatic carbocycles. The molecule has 1 saturated heterocycles. The minimum Gasteiger partial charge on any atom is -0.396 e. The first-order valence-electron chi connectivity index (χ1n) is 5.37. The molecule has 0 spiro atoms. The van der Waals surface area contributed by atoms with Gasteiger partial charge < -0.3 is 15.3 Å². The molecule has 3 heteroatoms. The van der Waals surface area contributed by atoms with Gasteiger partial charge in [-0.05, 0) is 45.8 Å². The van der Waals surface area contributed by atoms with Crippen molar-refractivity contribution in [3.8, 4) is 0 Å². The van der Waals surface area contributed by atoms with E-state index in [-0.39, 0.29) is 0 Å². The van der Waals surface area contributed by atoms with Crippen LogP contribution in [0.4, 0.5) is 0 Å². The summed E-state index contributed by atoms with van der Waals surface area (Å²) >= 11 is 0. The maximum absolute atomic E-state index is 8.73. The van der Waals surface area contributed by atoms with Crippen LogP contribution in [0, 0.1) is 0 Å². The van der Waals surface area contributed by atoms with Crippen LogP contribution in [0.1, 0.15) is 25.7 Å². The molecule has 1 unspecified atom stereocenters. The van der Waals surface area contributed by atoms with Crippen molar-refractivity contribution >= 4 is 0 Å². The molecule has 1 aliphatic heterocycles. The molecule has 78 valence electrons. The molecule has 0 radical (unpaired) electrons. The summed E-state index contributed by atoms with van der Waals surface area (Å²) in [7, 11) is 2.05. The maximum atomic E-state index is 8.73. The van der Waals surface area contributed by atoms with E-state index in [4.69, 9.17) is 5.11 Å². The van der Waals surface area contributed by atoms with Gasteiger partial charge in [-0.2, -0.15) is 0 Å². The van der Waals surface area contributed by atoms with Crippen LogP contribution in [0.2, 0.25) is 0 Å². The molecule has 1 aliphatic rings. The van der Waals surface area contributed by atoms with Crippen molar-refractivity contribution in [1.29, 1.82) is 0 Å². The zero-order valence-corrected chi connectivity index (χ0v) is 8.63. The zero-order valence-electron chi connectivity index (χ0n) is 8.63. The zero-order chi connectivity index (χ0) is 9.52. The van der Waals surface area contributed by atoms with E-state index >= 15 is 0 Å². The summed E-state index contributed by atoms with van der Waals surface area (Å²) in [5.41, 5.74) is 0. The normalized spacial score (nSPS) is 25.8. The largest absolute Gasteiger partial charge is 0.396 e. The van der Waals surface area contributed by atoms with Crippen molar-refractivity contribution in [3.63, 3.8) is 0 Å². The fourth-order valence-electron chi connectivity index (χ4n) is 1.96. The van der Waals surface area contributed by atoms with Crippen molar-refractivity contribution in [2.45, 2.75) is 31.7 Å². The standard InChI is InChI=1S/C10H22N2O/c1-11-10-4-2-6-12(8-5-10)7-3-9-13/h10-11,13H,2-9H2,1H3. The van der Waals surface area contributed by atoms with Gasteiger partial charge in [0, 0.05) is 19.2 Å². The predicted octanol–water partition coefficient (Wildman–Crippen LogP) is 0.443. The highest BCUT2D eigenvalue weighted by molar-refractivity contribution is 4.73. The third-order valence-corrected chi connectivity index (χ3v) is 2.86. The van der Waals surface area contributed by atoms with Gasteiger partial charge in [0.25, 0.3) is 0 Å². The van der Waals surface area contributed by atoms with Crippen molar-refractivity contribution in [3.05, 3.63) is 0 Å². The number of nitrogens with one attached hydrogen (secondary N) is 1. The fourth-order valence-corrected chi connectivity index (χ4v) is 1.96. The van der Waals surface area contributed by atoms with Crippen LogP contribution in [-0.2, 0) is 0 Å². The van der Waals surface area contributed by atoms with Gasteiger partial charge in [-0.1, -0.05) is 0 Å². The first-order valence-corrected chi connectivity index (χ1v) is 5.37. The van der Waals surface area contributed by atoms with Crippen LogP contribution >= 0.6 is 0 Å². The lowest BCUT2D eigenvalue weighted by Gasteiger charge is -2.19. The molecule has 0 bridgehead atoms. The molecule has 0 amide bonds. The van der Waals surface area contributed by atoms with Gasteiger partial charge in [-0.25, -0.2) is 0 Å². The second kappa shape index (κ2) is 6.35. The smallest absolute Gasteiger partial charge is 0.0443 e. The molecule has 1 fully saturated rings. The number of hydrogen-bond acceptors (Lipinski definition) is 3. The van der Waals surface area contributed by atoms with Gasteiger partial charge in [0.15, 0.2) is 0 Å². The third-order valence-electron chi connectivity index (χ3n) is 2.86. The summed E-state index contributed by atoms with van der Waals surface area (Å²) in [5.74, 6) is 0.